The van der Waals surface area contributed by atoms with Gasteiger partial charge in [0.15, 0.2) is 0 Å². The zero-order chi connectivity index (χ0) is 29.0. The van der Waals surface area contributed by atoms with E-state index in [4.69, 9.17) is 9.47 Å². The highest BCUT2D eigenvalue weighted by atomic mass is 16.5. The highest BCUT2D eigenvalue weighted by molar-refractivity contribution is 5.90. The van der Waals surface area contributed by atoms with Crippen LogP contribution in [0.2, 0.25) is 0 Å². The van der Waals surface area contributed by atoms with E-state index >= 15 is 0 Å². The molecule has 0 aromatic rings. The normalized spacial score (nSPS) is 29.5. The zero-order valence-electron chi connectivity index (χ0n) is 25.3. The molecule has 0 bridgehead atoms. The molecule has 2 aliphatic heterocycles. The summed E-state index contributed by atoms with van der Waals surface area (Å²) in [6, 6.07) is 0. The fraction of sp³-hybridized carbons (Fsp3) is 0.606. The van der Waals surface area contributed by atoms with Crippen molar-refractivity contribution in [2.24, 2.45) is 33.5 Å². The number of ether oxygens (including phenoxy) is 2. The molecule has 4 atom stereocenters. The van der Waals surface area contributed by atoms with Crippen molar-refractivity contribution in [2.75, 3.05) is 0 Å². The van der Waals surface area contributed by atoms with Gasteiger partial charge in [-0.25, -0.2) is 0 Å². The van der Waals surface area contributed by atoms with Crippen LogP contribution < -0.4 is 10.2 Å². The van der Waals surface area contributed by atoms with Crippen LogP contribution in [0.5, 0.6) is 0 Å². The molecule has 1 saturated carbocycles. The third-order valence-corrected chi connectivity index (χ3v) is 7.23. The Labute approximate surface area is 229 Å². The molecule has 2 heterocycles. The first-order valence-corrected chi connectivity index (χ1v) is 13.6. The molecule has 4 unspecified atom stereocenters. The molecule has 1 fully saturated rings. The highest BCUT2D eigenvalue weighted by Crippen LogP contribution is 2.41. The van der Waals surface area contributed by atoms with E-state index in [1.165, 1.54) is 0 Å². The Bertz CT molecular complexity index is 1140. The Morgan fingerprint density at radius 1 is 0.632 bits per heavy atom. The number of carbonyl (C=O) groups is 1. The lowest BCUT2D eigenvalue weighted by molar-refractivity contribution is -0.458. The van der Waals surface area contributed by atoms with Crippen LogP contribution in [-0.4, -0.2) is 18.0 Å². The van der Waals surface area contributed by atoms with Gasteiger partial charge >= 0.3 is 0 Å². The summed E-state index contributed by atoms with van der Waals surface area (Å²) < 4.78 is 12.3. The second-order valence-corrected chi connectivity index (χ2v) is 14.9. The molecule has 5 heteroatoms. The highest BCUT2D eigenvalue weighted by Gasteiger charge is 2.38. The topological polar surface area (TPSA) is 81.7 Å². The third kappa shape index (κ3) is 6.60. The first-order valence-electron chi connectivity index (χ1n) is 13.6. The first kappa shape index (κ1) is 30.2. The number of carbonyl (C=O) groups excluding carboxylic acids is 1. The second kappa shape index (κ2) is 9.98. The van der Waals surface area contributed by atoms with Crippen molar-refractivity contribution in [1.29, 1.82) is 0 Å². The van der Waals surface area contributed by atoms with Crippen LogP contribution >= 0.6 is 0 Å². The van der Waals surface area contributed by atoms with Gasteiger partial charge in [0, 0.05) is 16.7 Å². The zero-order valence-corrected chi connectivity index (χ0v) is 25.3. The molecule has 0 aromatic carbocycles. The minimum atomic E-state index is -1.65. The summed E-state index contributed by atoms with van der Waals surface area (Å²) in [5, 5.41) is 26.7. The standard InChI is InChI=1S/C33H46O5/c1-30(2,3)19-13-21(37-25(15-19)32(7,8)9)17-23-27(34)24(29(36)28(23)35)18-22-14-20(31(4,5)6)16-26(38-22)33(10,11)12/h13-18,23-24,27-28H,1-12H3/q-2/b21-17-,22-18-. The lowest BCUT2D eigenvalue weighted by Gasteiger charge is -2.34. The van der Waals surface area contributed by atoms with Crippen LogP contribution in [-0.2, 0) is 14.3 Å². The van der Waals surface area contributed by atoms with Gasteiger partial charge in [-0.15, -0.1) is 6.10 Å². The van der Waals surface area contributed by atoms with Crippen LogP contribution in [0.25, 0.3) is 0 Å². The number of hydrogen-bond donors (Lipinski definition) is 0. The Morgan fingerprint density at radius 2 is 1.03 bits per heavy atom. The fourth-order valence-electron chi connectivity index (χ4n) is 4.49. The molecule has 0 radical (unpaired) electrons. The van der Waals surface area contributed by atoms with Gasteiger partial charge in [0.2, 0.25) is 0 Å². The van der Waals surface area contributed by atoms with E-state index in [1.54, 1.807) is 12.2 Å². The number of ketones is 1. The van der Waals surface area contributed by atoms with Crippen LogP contribution in [0.15, 0.2) is 70.6 Å². The molecule has 3 aliphatic rings. The van der Waals surface area contributed by atoms with Gasteiger partial charge in [-0.2, -0.15) is 0 Å². The first-order chi connectivity index (χ1) is 17.1. The van der Waals surface area contributed by atoms with Gasteiger partial charge in [-0.05, 0) is 64.4 Å². The third-order valence-electron chi connectivity index (χ3n) is 7.23. The maximum atomic E-state index is 13.6. The molecule has 0 N–H and O–H groups in total. The van der Waals surface area contributed by atoms with Crippen LogP contribution in [0.1, 0.15) is 83.1 Å². The average Bonchev–Trinajstić information content (AvgIpc) is 2.94. The second-order valence-electron chi connectivity index (χ2n) is 14.9. The Balaban J connectivity index is 1.98. The molecule has 0 amide bonds. The van der Waals surface area contributed by atoms with Crippen LogP contribution in [0.3, 0.4) is 0 Å². The quantitative estimate of drug-likeness (QED) is 0.451. The summed E-state index contributed by atoms with van der Waals surface area (Å²) in [7, 11) is 0. The van der Waals surface area contributed by atoms with E-state index in [-0.39, 0.29) is 21.7 Å². The molecule has 1 aliphatic carbocycles. The van der Waals surface area contributed by atoms with E-state index in [9.17, 15) is 15.0 Å². The summed E-state index contributed by atoms with van der Waals surface area (Å²) in [6.45, 7) is 25.0. The summed E-state index contributed by atoms with van der Waals surface area (Å²) in [5.41, 5.74) is 1.26. The average molecular weight is 523 g/mol. The van der Waals surface area contributed by atoms with E-state index in [0.29, 0.717) is 11.5 Å². The van der Waals surface area contributed by atoms with Gasteiger partial charge in [-0.1, -0.05) is 89.2 Å². The SMILES string of the molecule is CC(C)(C)C1=C/C(=C/C2C(=O)C([O-])C(/C=C3/C=C(C(C)(C)C)C=C(C(C)(C)C)O3)C2[O-])OC(C(C)(C)C)=C1. The summed E-state index contributed by atoms with van der Waals surface area (Å²) in [6.07, 6.45) is 7.89. The lowest BCUT2D eigenvalue weighted by Crippen LogP contribution is -2.40. The van der Waals surface area contributed by atoms with E-state index in [1.807, 2.05) is 24.3 Å². The number of allylic oxidation sites excluding steroid dienone is 8. The molecule has 38 heavy (non-hydrogen) atoms. The monoisotopic (exact) mass is 522 g/mol. The van der Waals surface area contributed by atoms with Gasteiger partial charge in [0.05, 0.1) is 0 Å². The Kier molecular flexibility index (Phi) is 7.93. The number of rotatable bonds is 2. The van der Waals surface area contributed by atoms with Crippen molar-refractivity contribution in [1.82, 2.24) is 0 Å². The van der Waals surface area contributed by atoms with E-state index in [0.717, 1.165) is 22.7 Å². The van der Waals surface area contributed by atoms with Gasteiger partial charge in [0.1, 0.15) is 28.8 Å². The van der Waals surface area contributed by atoms with Crippen molar-refractivity contribution < 1.29 is 24.5 Å². The summed E-state index contributed by atoms with van der Waals surface area (Å²) in [5.74, 6) is -0.259. The van der Waals surface area contributed by atoms with E-state index < -0.39 is 29.8 Å². The summed E-state index contributed by atoms with van der Waals surface area (Å²) in [4.78, 5) is 13.1. The van der Waals surface area contributed by atoms with Crippen molar-refractivity contribution in [2.45, 2.75) is 95.3 Å². The maximum Gasteiger partial charge on any atom is 0.125 e. The van der Waals surface area contributed by atoms with Gasteiger partial charge in [-0.3, -0.25) is 0 Å². The molecule has 5 nitrogen and oxygen atoms in total. The van der Waals surface area contributed by atoms with Crippen molar-refractivity contribution in [3.8, 4) is 0 Å². The minimum Gasteiger partial charge on any atom is -0.851 e. The molecule has 210 valence electrons. The van der Waals surface area contributed by atoms with Crippen LogP contribution in [0, 0.1) is 33.5 Å². The van der Waals surface area contributed by atoms with Gasteiger partial charge in [0.25, 0.3) is 0 Å². The summed E-state index contributed by atoms with van der Waals surface area (Å²) >= 11 is 0. The predicted octanol–water partition coefficient (Wildman–Crippen LogP) is 5.89. The molecular weight excluding hydrogens is 476 g/mol. The van der Waals surface area contributed by atoms with Crippen molar-refractivity contribution >= 4 is 5.78 Å². The molecular formula is C33H46O5-2. The fourth-order valence-corrected chi connectivity index (χ4v) is 4.49. The lowest BCUT2D eigenvalue weighted by atomic mass is 9.81. The molecule has 0 saturated heterocycles. The number of hydrogen-bond acceptors (Lipinski definition) is 5. The van der Waals surface area contributed by atoms with Crippen molar-refractivity contribution in [3.05, 3.63) is 70.6 Å². The smallest absolute Gasteiger partial charge is 0.125 e. The van der Waals surface area contributed by atoms with Crippen LogP contribution in [0.4, 0.5) is 0 Å². The Morgan fingerprint density at radius 3 is 1.39 bits per heavy atom. The number of Topliss-reactive ketones (excluding diaryl/α,β-unsaturated/α-hetero) is 1. The van der Waals surface area contributed by atoms with E-state index in [2.05, 4.69) is 83.1 Å². The molecule has 0 aromatic heterocycles. The predicted molar refractivity (Wildman–Crippen MR) is 148 cm³/mol. The maximum absolute atomic E-state index is 13.6. The minimum absolute atomic E-state index is 0.154. The molecule has 0 spiro atoms. The Hall–Kier alpha value is -2.37. The van der Waals surface area contributed by atoms with Crippen molar-refractivity contribution in [3.63, 3.8) is 0 Å². The van der Waals surface area contributed by atoms with Gasteiger partial charge < -0.3 is 24.5 Å². The largest absolute Gasteiger partial charge is 0.851 e. The molecule has 3 rings (SSSR count).